The lowest BCUT2D eigenvalue weighted by molar-refractivity contribution is 0.0497. The van der Waals surface area contributed by atoms with Gasteiger partial charge in [-0.25, -0.2) is 4.79 Å². The van der Waals surface area contributed by atoms with Gasteiger partial charge < -0.3 is 10.5 Å². The van der Waals surface area contributed by atoms with Crippen molar-refractivity contribution in [1.29, 1.82) is 0 Å². The van der Waals surface area contributed by atoms with E-state index in [0.29, 0.717) is 18.7 Å². The summed E-state index contributed by atoms with van der Waals surface area (Å²) < 4.78 is 5.30. The van der Waals surface area contributed by atoms with Gasteiger partial charge in [-0.15, -0.1) is 0 Å². The monoisotopic (exact) mass is 277 g/mol. The average Bonchev–Trinajstić information content (AvgIpc) is 2.47. The van der Waals surface area contributed by atoms with Gasteiger partial charge in [0, 0.05) is 0 Å². The highest BCUT2D eigenvalue weighted by Crippen LogP contribution is 2.09. The summed E-state index contributed by atoms with van der Waals surface area (Å²) in [6.45, 7) is 3.32. The van der Waals surface area contributed by atoms with Crippen molar-refractivity contribution < 1.29 is 9.53 Å². The number of rotatable bonds is 10. The van der Waals surface area contributed by atoms with Crippen LogP contribution in [-0.4, -0.2) is 19.1 Å². The van der Waals surface area contributed by atoms with E-state index < -0.39 is 0 Å². The molecular formula is C17H27NO2. The number of carbonyl (C=O) groups excluding carboxylic acids is 1. The Bertz CT molecular complexity index is 390. The van der Waals surface area contributed by atoms with E-state index in [2.05, 4.69) is 6.92 Å². The van der Waals surface area contributed by atoms with Crippen LogP contribution in [0.15, 0.2) is 24.3 Å². The molecule has 0 spiro atoms. The normalized spacial score (nSPS) is 10.5. The molecule has 0 bridgehead atoms. The maximum Gasteiger partial charge on any atom is 0.338 e. The van der Waals surface area contributed by atoms with E-state index in [1.54, 1.807) is 6.07 Å². The summed E-state index contributed by atoms with van der Waals surface area (Å²) in [5.41, 5.74) is 7.23. The van der Waals surface area contributed by atoms with Gasteiger partial charge in [0.15, 0.2) is 0 Å². The molecule has 1 rings (SSSR count). The maximum absolute atomic E-state index is 11.9. The third kappa shape index (κ3) is 6.71. The van der Waals surface area contributed by atoms with Crippen LogP contribution < -0.4 is 5.73 Å². The largest absolute Gasteiger partial charge is 0.462 e. The number of nitrogens with two attached hydrogens (primary N) is 1. The van der Waals surface area contributed by atoms with E-state index in [4.69, 9.17) is 10.5 Å². The molecule has 1 aromatic rings. The molecule has 0 aliphatic carbocycles. The number of hydrogen-bond acceptors (Lipinski definition) is 3. The maximum atomic E-state index is 11.9. The van der Waals surface area contributed by atoms with Gasteiger partial charge in [-0.3, -0.25) is 0 Å². The van der Waals surface area contributed by atoms with Gasteiger partial charge in [0.2, 0.25) is 0 Å². The summed E-state index contributed by atoms with van der Waals surface area (Å²) in [7, 11) is 0. The lowest BCUT2D eigenvalue weighted by Crippen LogP contribution is -2.08. The standard InChI is InChI=1S/C17H27NO2/c1-2-3-4-5-6-7-13-20-17(19)16-10-8-9-15(14-16)11-12-18/h8-10,14H,2-7,11-13,18H2,1H3. The molecule has 0 saturated carbocycles. The van der Waals surface area contributed by atoms with Crippen LogP contribution in [0.5, 0.6) is 0 Å². The summed E-state index contributed by atoms with van der Waals surface area (Å²) in [4.78, 5) is 11.9. The minimum absolute atomic E-state index is 0.225. The molecule has 112 valence electrons. The van der Waals surface area contributed by atoms with Crippen LogP contribution in [0.2, 0.25) is 0 Å². The number of benzene rings is 1. The van der Waals surface area contributed by atoms with Crippen LogP contribution >= 0.6 is 0 Å². The Morgan fingerprint density at radius 3 is 2.65 bits per heavy atom. The van der Waals surface area contributed by atoms with Gasteiger partial charge in [0.25, 0.3) is 0 Å². The molecule has 3 nitrogen and oxygen atoms in total. The van der Waals surface area contributed by atoms with Crippen LogP contribution in [0.3, 0.4) is 0 Å². The second-order valence-corrected chi connectivity index (χ2v) is 5.14. The van der Waals surface area contributed by atoms with Crippen LogP contribution in [0.4, 0.5) is 0 Å². The quantitative estimate of drug-likeness (QED) is 0.524. The Labute approximate surface area is 122 Å². The molecule has 2 N–H and O–H groups in total. The van der Waals surface area contributed by atoms with Crippen molar-refractivity contribution in [1.82, 2.24) is 0 Å². The fraction of sp³-hybridized carbons (Fsp3) is 0.588. The van der Waals surface area contributed by atoms with Crippen LogP contribution in [0.1, 0.15) is 61.4 Å². The van der Waals surface area contributed by atoms with Gasteiger partial charge >= 0.3 is 5.97 Å². The van der Waals surface area contributed by atoms with Crippen LogP contribution in [0.25, 0.3) is 0 Å². The average molecular weight is 277 g/mol. The van der Waals surface area contributed by atoms with Crippen molar-refractivity contribution >= 4 is 5.97 Å². The lowest BCUT2D eigenvalue weighted by atomic mass is 10.1. The molecular weight excluding hydrogens is 250 g/mol. The Balaban J connectivity index is 2.23. The molecule has 0 aromatic heterocycles. The zero-order valence-electron chi connectivity index (χ0n) is 12.6. The van der Waals surface area contributed by atoms with E-state index in [0.717, 1.165) is 24.8 Å². The highest BCUT2D eigenvalue weighted by Gasteiger charge is 2.07. The molecule has 0 amide bonds. The van der Waals surface area contributed by atoms with Crippen molar-refractivity contribution in [3.63, 3.8) is 0 Å². The van der Waals surface area contributed by atoms with Gasteiger partial charge in [0.05, 0.1) is 12.2 Å². The molecule has 0 fully saturated rings. The molecule has 0 aliphatic rings. The van der Waals surface area contributed by atoms with Crippen molar-refractivity contribution in [2.45, 2.75) is 51.9 Å². The topological polar surface area (TPSA) is 52.3 Å². The first-order valence-electron chi connectivity index (χ1n) is 7.74. The fourth-order valence-corrected chi connectivity index (χ4v) is 2.15. The van der Waals surface area contributed by atoms with Crippen molar-refractivity contribution in [3.05, 3.63) is 35.4 Å². The molecule has 0 heterocycles. The van der Waals surface area contributed by atoms with E-state index in [1.165, 1.54) is 25.7 Å². The van der Waals surface area contributed by atoms with Gasteiger partial charge in [-0.1, -0.05) is 51.2 Å². The smallest absolute Gasteiger partial charge is 0.338 e. The summed E-state index contributed by atoms with van der Waals surface area (Å²) >= 11 is 0. The summed E-state index contributed by atoms with van der Waals surface area (Å²) in [5.74, 6) is -0.225. The summed E-state index contributed by atoms with van der Waals surface area (Å²) in [5, 5.41) is 0. The van der Waals surface area contributed by atoms with E-state index in [1.807, 2.05) is 18.2 Å². The second-order valence-electron chi connectivity index (χ2n) is 5.14. The van der Waals surface area contributed by atoms with Crippen molar-refractivity contribution in [2.24, 2.45) is 5.73 Å². The molecule has 0 saturated heterocycles. The van der Waals surface area contributed by atoms with Crippen molar-refractivity contribution in [3.8, 4) is 0 Å². The van der Waals surface area contributed by atoms with Gasteiger partial charge in [-0.05, 0) is 37.1 Å². The Morgan fingerprint density at radius 1 is 1.15 bits per heavy atom. The number of esters is 1. The van der Waals surface area contributed by atoms with Crippen molar-refractivity contribution in [2.75, 3.05) is 13.2 Å². The van der Waals surface area contributed by atoms with E-state index >= 15 is 0 Å². The molecule has 1 aromatic carbocycles. The summed E-state index contributed by atoms with van der Waals surface area (Å²) in [6, 6.07) is 7.53. The lowest BCUT2D eigenvalue weighted by Gasteiger charge is -2.06. The molecule has 0 unspecified atom stereocenters. The zero-order valence-corrected chi connectivity index (χ0v) is 12.6. The number of carbonyl (C=O) groups is 1. The minimum atomic E-state index is -0.225. The Kier molecular flexibility index (Phi) is 8.72. The zero-order chi connectivity index (χ0) is 14.6. The van der Waals surface area contributed by atoms with Crippen LogP contribution in [-0.2, 0) is 11.2 Å². The number of ether oxygens (including phenoxy) is 1. The minimum Gasteiger partial charge on any atom is -0.462 e. The number of hydrogen-bond donors (Lipinski definition) is 1. The number of unbranched alkanes of at least 4 members (excludes halogenated alkanes) is 5. The predicted octanol–water partition coefficient (Wildman–Crippen LogP) is 3.71. The first-order valence-corrected chi connectivity index (χ1v) is 7.74. The predicted molar refractivity (Wildman–Crippen MR) is 82.9 cm³/mol. The Morgan fingerprint density at radius 2 is 1.90 bits per heavy atom. The van der Waals surface area contributed by atoms with Gasteiger partial charge in [0.1, 0.15) is 0 Å². The molecule has 0 atom stereocenters. The third-order valence-corrected chi connectivity index (χ3v) is 3.33. The van der Waals surface area contributed by atoms with E-state index in [9.17, 15) is 4.79 Å². The van der Waals surface area contributed by atoms with E-state index in [-0.39, 0.29) is 5.97 Å². The molecule has 20 heavy (non-hydrogen) atoms. The highest BCUT2D eigenvalue weighted by atomic mass is 16.5. The molecule has 3 heteroatoms. The second kappa shape index (κ2) is 10.4. The SMILES string of the molecule is CCCCCCCCOC(=O)c1cccc(CCN)c1. The molecule has 0 radical (unpaired) electrons. The first-order chi connectivity index (χ1) is 9.77. The van der Waals surface area contributed by atoms with Gasteiger partial charge in [-0.2, -0.15) is 0 Å². The van der Waals surface area contributed by atoms with Crippen LogP contribution in [0, 0.1) is 0 Å². The molecule has 0 aliphatic heterocycles. The fourth-order valence-electron chi connectivity index (χ4n) is 2.15. The first kappa shape index (κ1) is 16.7. The Hall–Kier alpha value is -1.35. The third-order valence-electron chi connectivity index (χ3n) is 3.33. The highest BCUT2D eigenvalue weighted by molar-refractivity contribution is 5.89. The summed E-state index contributed by atoms with van der Waals surface area (Å²) in [6.07, 6.45) is 7.96.